The lowest BCUT2D eigenvalue weighted by Gasteiger charge is -2.11. The fourth-order valence-corrected chi connectivity index (χ4v) is 2.92. The van der Waals surface area contributed by atoms with Crippen molar-refractivity contribution in [3.8, 4) is 11.5 Å². The van der Waals surface area contributed by atoms with Gasteiger partial charge in [0, 0.05) is 24.2 Å². The molecule has 154 valence electrons. The third kappa shape index (κ3) is 5.14. The van der Waals surface area contributed by atoms with Crippen LogP contribution in [0.25, 0.3) is 0 Å². The monoisotopic (exact) mass is 405 g/mol. The molecule has 0 spiro atoms. The molecule has 2 N–H and O–H groups in total. The van der Waals surface area contributed by atoms with E-state index in [-0.39, 0.29) is 36.3 Å². The summed E-state index contributed by atoms with van der Waals surface area (Å²) in [6.07, 6.45) is 0. The highest BCUT2D eigenvalue weighted by atomic mass is 16.5. The Morgan fingerprint density at radius 1 is 0.700 bits per heavy atom. The average molecular weight is 405 g/mol. The largest absolute Gasteiger partial charge is 0.496 e. The standard InChI is InChI=1S/C23H23N3O4/c1-29-20-12-5-3-8-16(20)14-24-22(27)18-10-7-11-19(26-18)23(28)25-15-17-9-4-6-13-21(17)30-2/h3-13H,14-15H2,1-2H3,(H,24,27)(H,25,28). The van der Waals surface area contributed by atoms with Crippen LogP contribution in [0.15, 0.2) is 66.7 Å². The maximum Gasteiger partial charge on any atom is 0.270 e. The van der Waals surface area contributed by atoms with Crippen LogP contribution in [0.1, 0.15) is 32.1 Å². The molecule has 0 aliphatic rings. The van der Waals surface area contributed by atoms with Crippen molar-refractivity contribution in [3.63, 3.8) is 0 Å². The van der Waals surface area contributed by atoms with Crippen molar-refractivity contribution in [3.05, 3.63) is 89.2 Å². The van der Waals surface area contributed by atoms with Gasteiger partial charge in [0.2, 0.25) is 0 Å². The van der Waals surface area contributed by atoms with Crippen LogP contribution in [0.3, 0.4) is 0 Å². The number of para-hydroxylation sites is 2. The summed E-state index contributed by atoms with van der Waals surface area (Å²) < 4.78 is 10.6. The van der Waals surface area contributed by atoms with E-state index in [9.17, 15) is 9.59 Å². The van der Waals surface area contributed by atoms with E-state index in [1.807, 2.05) is 48.5 Å². The van der Waals surface area contributed by atoms with Gasteiger partial charge in [-0.2, -0.15) is 0 Å². The highest BCUT2D eigenvalue weighted by Crippen LogP contribution is 2.18. The van der Waals surface area contributed by atoms with Crippen molar-refractivity contribution < 1.29 is 19.1 Å². The average Bonchev–Trinajstić information content (AvgIpc) is 2.81. The van der Waals surface area contributed by atoms with E-state index >= 15 is 0 Å². The molecule has 0 unspecified atom stereocenters. The van der Waals surface area contributed by atoms with Gasteiger partial charge >= 0.3 is 0 Å². The third-order valence-electron chi connectivity index (χ3n) is 4.48. The second-order valence-electron chi connectivity index (χ2n) is 6.40. The quantitative estimate of drug-likeness (QED) is 0.601. The number of carbonyl (C=O) groups is 2. The van der Waals surface area contributed by atoms with Crippen molar-refractivity contribution in [1.82, 2.24) is 15.6 Å². The molecule has 0 fully saturated rings. The van der Waals surface area contributed by atoms with Crippen molar-refractivity contribution in [2.45, 2.75) is 13.1 Å². The highest BCUT2D eigenvalue weighted by molar-refractivity contribution is 5.96. The first-order chi connectivity index (χ1) is 14.6. The van der Waals surface area contributed by atoms with E-state index in [1.54, 1.807) is 32.4 Å². The second kappa shape index (κ2) is 10.1. The Bertz CT molecular complexity index is 957. The van der Waals surface area contributed by atoms with E-state index in [4.69, 9.17) is 9.47 Å². The molecule has 7 heteroatoms. The number of ether oxygens (including phenoxy) is 2. The fraction of sp³-hybridized carbons (Fsp3) is 0.174. The molecule has 2 amide bonds. The summed E-state index contributed by atoms with van der Waals surface area (Å²) in [6.45, 7) is 0.573. The minimum absolute atomic E-state index is 0.162. The van der Waals surface area contributed by atoms with Gasteiger partial charge in [0.1, 0.15) is 22.9 Å². The Kier molecular flexibility index (Phi) is 7.00. The van der Waals surface area contributed by atoms with Crippen LogP contribution in [0, 0.1) is 0 Å². The van der Waals surface area contributed by atoms with Crippen molar-refractivity contribution in [1.29, 1.82) is 0 Å². The molecule has 0 aliphatic heterocycles. The van der Waals surface area contributed by atoms with Crippen LogP contribution >= 0.6 is 0 Å². The Hall–Kier alpha value is -3.87. The minimum atomic E-state index is -0.375. The molecule has 0 atom stereocenters. The molecule has 2 aromatic carbocycles. The number of hydrogen-bond donors (Lipinski definition) is 2. The topological polar surface area (TPSA) is 89.5 Å². The van der Waals surface area contributed by atoms with Crippen molar-refractivity contribution in [2.24, 2.45) is 0 Å². The van der Waals surface area contributed by atoms with Crippen LogP contribution in [0.4, 0.5) is 0 Å². The van der Waals surface area contributed by atoms with Gasteiger partial charge in [-0.25, -0.2) is 4.98 Å². The molecular formula is C23H23N3O4. The number of benzene rings is 2. The summed E-state index contributed by atoms with van der Waals surface area (Å²) in [4.78, 5) is 29.2. The summed E-state index contributed by atoms with van der Waals surface area (Å²) in [5.41, 5.74) is 2.02. The van der Waals surface area contributed by atoms with Crippen LogP contribution in [0.2, 0.25) is 0 Å². The Morgan fingerprint density at radius 2 is 1.13 bits per heavy atom. The Morgan fingerprint density at radius 3 is 1.57 bits per heavy atom. The Balaban J connectivity index is 1.63. The third-order valence-corrected chi connectivity index (χ3v) is 4.48. The lowest BCUT2D eigenvalue weighted by atomic mass is 10.2. The van der Waals surface area contributed by atoms with Crippen LogP contribution < -0.4 is 20.1 Å². The van der Waals surface area contributed by atoms with Gasteiger partial charge in [0.25, 0.3) is 11.8 Å². The number of methoxy groups -OCH3 is 2. The van der Waals surface area contributed by atoms with Crippen molar-refractivity contribution in [2.75, 3.05) is 14.2 Å². The number of hydrogen-bond acceptors (Lipinski definition) is 5. The number of carbonyl (C=O) groups excluding carboxylic acids is 2. The summed E-state index contributed by atoms with van der Waals surface area (Å²) in [6, 6.07) is 19.6. The van der Waals surface area contributed by atoms with Crippen LogP contribution in [-0.4, -0.2) is 31.0 Å². The smallest absolute Gasteiger partial charge is 0.270 e. The molecule has 0 saturated carbocycles. The van der Waals surface area contributed by atoms with E-state index in [1.165, 1.54) is 0 Å². The molecular weight excluding hydrogens is 382 g/mol. The maximum absolute atomic E-state index is 12.5. The van der Waals surface area contributed by atoms with Gasteiger partial charge < -0.3 is 20.1 Å². The summed E-state index contributed by atoms with van der Waals surface area (Å²) in [7, 11) is 3.16. The first-order valence-corrected chi connectivity index (χ1v) is 9.39. The molecule has 1 aromatic heterocycles. The predicted molar refractivity (Wildman–Crippen MR) is 113 cm³/mol. The fourth-order valence-electron chi connectivity index (χ4n) is 2.92. The van der Waals surface area contributed by atoms with Gasteiger partial charge in [-0.05, 0) is 24.3 Å². The molecule has 0 aliphatic carbocycles. The molecule has 0 saturated heterocycles. The van der Waals surface area contributed by atoms with Gasteiger partial charge in [-0.15, -0.1) is 0 Å². The zero-order valence-electron chi connectivity index (χ0n) is 16.8. The van der Waals surface area contributed by atoms with E-state index < -0.39 is 0 Å². The first-order valence-electron chi connectivity index (χ1n) is 9.39. The van der Waals surface area contributed by atoms with Gasteiger partial charge in [0.05, 0.1) is 14.2 Å². The summed E-state index contributed by atoms with van der Waals surface area (Å²) >= 11 is 0. The van der Waals surface area contributed by atoms with E-state index in [0.717, 1.165) is 11.1 Å². The lowest BCUT2D eigenvalue weighted by Crippen LogP contribution is -2.27. The second-order valence-corrected chi connectivity index (χ2v) is 6.40. The predicted octanol–water partition coefficient (Wildman–Crippen LogP) is 2.96. The number of aromatic nitrogens is 1. The Labute approximate surface area is 175 Å². The highest BCUT2D eigenvalue weighted by Gasteiger charge is 2.13. The SMILES string of the molecule is COc1ccccc1CNC(=O)c1cccc(C(=O)NCc2ccccc2OC)n1. The maximum atomic E-state index is 12.5. The molecule has 0 bridgehead atoms. The lowest BCUT2D eigenvalue weighted by molar-refractivity contribution is 0.0941. The molecule has 7 nitrogen and oxygen atoms in total. The molecule has 30 heavy (non-hydrogen) atoms. The molecule has 3 aromatic rings. The number of rotatable bonds is 8. The van der Waals surface area contributed by atoms with Crippen LogP contribution in [-0.2, 0) is 13.1 Å². The molecule has 0 radical (unpaired) electrons. The summed E-state index contributed by atoms with van der Waals surface area (Å²) in [5, 5.41) is 5.60. The normalized spacial score (nSPS) is 10.2. The van der Waals surface area contributed by atoms with Gasteiger partial charge in [0.15, 0.2) is 0 Å². The number of amides is 2. The summed E-state index contributed by atoms with van der Waals surface area (Å²) in [5.74, 6) is 0.631. The zero-order chi connectivity index (χ0) is 21.3. The molecule has 3 rings (SSSR count). The van der Waals surface area contributed by atoms with Gasteiger partial charge in [-0.1, -0.05) is 42.5 Å². The van der Waals surface area contributed by atoms with E-state index in [0.29, 0.717) is 11.5 Å². The first kappa shape index (κ1) is 20.9. The van der Waals surface area contributed by atoms with Crippen LogP contribution in [0.5, 0.6) is 11.5 Å². The minimum Gasteiger partial charge on any atom is -0.496 e. The number of pyridine rings is 1. The van der Waals surface area contributed by atoms with Crippen molar-refractivity contribution >= 4 is 11.8 Å². The number of nitrogens with zero attached hydrogens (tertiary/aromatic N) is 1. The number of nitrogens with one attached hydrogen (secondary N) is 2. The zero-order valence-corrected chi connectivity index (χ0v) is 16.8. The molecule has 1 heterocycles. The van der Waals surface area contributed by atoms with E-state index in [2.05, 4.69) is 15.6 Å². The van der Waals surface area contributed by atoms with Gasteiger partial charge in [-0.3, -0.25) is 9.59 Å².